The monoisotopic (exact) mass is 258 g/mol. The number of thioether (sulfide) groups is 1. The summed E-state index contributed by atoms with van der Waals surface area (Å²) in [4.78, 5) is 10.5. The largest absolute Gasteiger partial charge is 0.481 e. The molecule has 0 saturated carbocycles. The fourth-order valence-electron chi connectivity index (χ4n) is 1.70. The third-order valence-corrected chi connectivity index (χ3v) is 3.43. The Morgan fingerprint density at radius 1 is 1.65 bits per heavy atom. The number of ether oxygens (including phenoxy) is 1. The first kappa shape index (κ1) is 12.2. The first-order valence-electron chi connectivity index (χ1n) is 5.31. The van der Waals surface area contributed by atoms with Gasteiger partial charge in [0.1, 0.15) is 0 Å². The molecule has 1 aromatic rings. The second-order valence-electron chi connectivity index (χ2n) is 3.77. The van der Waals surface area contributed by atoms with Crippen LogP contribution in [-0.2, 0) is 16.1 Å². The van der Waals surface area contributed by atoms with E-state index in [4.69, 9.17) is 15.6 Å². The SMILES string of the molecule is Nc1nnc(SCC(=O)O)n1CC1CCCO1. The predicted molar refractivity (Wildman–Crippen MR) is 61.8 cm³/mol. The summed E-state index contributed by atoms with van der Waals surface area (Å²) in [7, 11) is 0. The summed E-state index contributed by atoms with van der Waals surface area (Å²) in [6.45, 7) is 1.35. The van der Waals surface area contributed by atoms with Crippen LogP contribution in [0.2, 0.25) is 0 Å². The molecule has 2 heterocycles. The Morgan fingerprint density at radius 2 is 2.47 bits per heavy atom. The minimum absolute atomic E-state index is 0.0519. The van der Waals surface area contributed by atoms with Gasteiger partial charge in [-0.15, -0.1) is 10.2 Å². The standard InChI is InChI=1S/C9H14N4O3S/c10-8-11-12-9(17-5-7(14)15)13(8)4-6-2-1-3-16-6/h6H,1-5H2,(H2,10,11)(H,14,15). The van der Waals surface area contributed by atoms with Gasteiger partial charge in [0.25, 0.3) is 0 Å². The van der Waals surface area contributed by atoms with Crippen molar-refractivity contribution in [2.24, 2.45) is 0 Å². The number of hydrogen-bond acceptors (Lipinski definition) is 6. The molecule has 7 nitrogen and oxygen atoms in total. The van der Waals surface area contributed by atoms with Crippen molar-refractivity contribution < 1.29 is 14.6 Å². The van der Waals surface area contributed by atoms with Crippen molar-refractivity contribution in [2.45, 2.75) is 30.6 Å². The number of anilines is 1. The number of nitrogens with two attached hydrogens (primary N) is 1. The van der Waals surface area contributed by atoms with Gasteiger partial charge >= 0.3 is 5.97 Å². The Morgan fingerprint density at radius 3 is 3.12 bits per heavy atom. The van der Waals surface area contributed by atoms with Gasteiger partial charge in [-0.1, -0.05) is 11.8 Å². The molecule has 0 aromatic carbocycles. The number of carbonyl (C=O) groups is 1. The van der Waals surface area contributed by atoms with E-state index >= 15 is 0 Å². The van der Waals surface area contributed by atoms with Gasteiger partial charge < -0.3 is 15.6 Å². The van der Waals surface area contributed by atoms with E-state index in [2.05, 4.69) is 10.2 Å². The number of hydrogen-bond donors (Lipinski definition) is 2. The van der Waals surface area contributed by atoms with E-state index < -0.39 is 5.97 Å². The topological polar surface area (TPSA) is 103 Å². The van der Waals surface area contributed by atoms with Gasteiger partial charge in [-0.2, -0.15) is 0 Å². The maximum absolute atomic E-state index is 10.5. The van der Waals surface area contributed by atoms with Crippen molar-refractivity contribution in [2.75, 3.05) is 18.1 Å². The van der Waals surface area contributed by atoms with Gasteiger partial charge in [0.2, 0.25) is 5.95 Å². The molecular weight excluding hydrogens is 244 g/mol. The predicted octanol–water partition coefficient (Wildman–Crippen LogP) is 0.216. The van der Waals surface area contributed by atoms with Crippen LogP contribution in [0.3, 0.4) is 0 Å². The van der Waals surface area contributed by atoms with E-state index in [0.717, 1.165) is 31.2 Å². The Bertz CT molecular complexity index is 403. The van der Waals surface area contributed by atoms with Gasteiger partial charge in [0.15, 0.2) is 5.16 Å². The zero-order chi connectivity index (χ0) is 12.3. The van der Waals surface area contributed by atoms with E-state index in [9.17, 15) is 4.79 Å². The summed E-state index contributed by atoms with van der Waals surface area (Å²) in [5.41, 5.74) is 5.70. The lowest BCUT2D eigenvalue weighted by Crippen LogP contribution is -2.17. The molecule has 0 spiro atoms. The summed E-state index contributed by atoms with van der Waals surface area (Å²) in [6, 6.07) is 0. The van der Waals surface area contributed by atoms with Crippen LogP contribution in [0.1, 0.15) is 12.8 Å². The lowest BCUT2D eigenvalue weighted by atomic mass is 10.2. The number of aromatic nitrogens is 3. The van der Waals surface area contributed by atoms with E-state index in [1.54, 1.807) is 4.57 Å². The maximum Gasteiger partial charge on any atom is 0.313 e. The van der Waals surface area contributed by atoms with Crippen molar-refractivity contribution in [1.29, 1.82) is 0 Å². The lowest BCUT2D eigenvalue weighted by molar-refractivity contribution is -0.133. The van der Waals surface area contributed by atoms with Gasteiger partial charge in [-0.05, 0) is 12.8 Å². The minimum Gasteiger partial charge on any atom is -0.481 e. The highest BCUT2D eigenvalue weighted by Gasteiger charge is 2.20. The molecule has 2 rings (SSSR count). The number of carboxylic acid groups (broad SMARTS) is 1. The number of aliphatic carboxylic acids is 1. The molecule has 0 bridgehead atoms. The number of carboxylic acids is 1. The van der Waals surface area contributed by atoms with Crippen LogP contribution < -0.4 is 5.73 Å². The minimum atomic E-state index is -0.889. The third-order valence-electron chi connectivity index (χ3n) is 2.48. The zero-order valence-corrected chi connectivity index (χ0v) is 10.0. The van der Waals surface area contributed by atoms with Gasteiger partial charge in [-0.25, -0.2) is 0 Å². The molecule has 1 saturated heterocycles. The highest BCUT2D eigenvalue weighted by atomic mass is 32.2. The highest BCUT2D eigenvalue weighted by Crippen LogP contribution is 2.21. The number of nitrogens with zero attached hydrogens (tertiary/aromatic N) is 3. The lowest BCUT2D eigenvalue weighted by Gasteiger charge is -2.12. The first-order valence-corrected chi connectivity index (χ1v) is 6.30. The molecule has 1 unspecified atom stereocenters. The van der Waals surface area contributed by atoms with E-state index in [-0.39, 0.29) is 11.9 Å². The molecule has 1 aromatic heterocycles. The molecule has 8 heteroatoms. The molecule has 1 fully saturated rings. The van der Waals surface area contributed by atoms with Crippen molar-refractivity contribution in [3.05, 3.63) is 0 Å². The molecule has 0 aliphatic carbocycles. The maximum atomic E-state index is 10.5. The van der Waals surface area contributed by atoms with Crippen molar-refractivity contribution >= 4 is 23.7 Å². The van der Waals surface area contributed by atoms with Crippen LogP contribution in [-0.4, -0.2) is 44.3 Å². The van der Waals surface area contributed by atoms with Gasteiger partial charge in [0, 0.05) is 6.61 Å². The molecule has 94 valence electrons. The molecule has 17 heavy (non-hydrogen) atoms. The Balaban J connectivity index is 2.03. The molecule has 1 aliphatic heterocycles. The zero-order valence-electron chi connectivity index (χ0n) is 9.20. The molecule has 0 radical (unpaired) electrons. The molecule has 1 atom stereocenters. The van der Waals surface area contributed by atoms with Crippen LogP contribution in [0.15, 0.2) is 5.16 Å². The van der Waals surface area contributed by atoms with Crippen molar-refractivity contribution in [3.63, 3.8) is 0 Å². The van der Waals surface area contributed by atoms with E-state index in [1.807, 2.05) is 0 Å². The summed E-state index contributed by atoms with van der Waals surface area (Å²) < 4.78 is 7.22. The van der Waals surface area contributed by atoms with Gasteiger partial charge in [-0.3, -0.25) is 9.36 Å². The molecule has 0 amide bonds. The van der Waals surface area contributed by atoms with E-state index in [1.165, 1.54) is 0 Å². The third kappa shape index (κ3) is 3.10. The van der Waals surface area contributed by atoms with Crippen LogP contribution in [0, 0.1) is 0 Å². The quantitative estimate of drug-likeness (QED) is 0.728. The number of rotatable bonds is 5. The number of nitrogen functional groups attached to an aromatic ring is 1. The summed E-state index contributed by atoms with van der Waals surface area (Å²) in [5.74, 6) is -0.641. The Hall–Kier alpha value is -1.28. The second-order valence-corrected chi connectivity index (χ2v) is 4.71. The normalized spacial score (nSPS) is 19.6. The fourth-order valence-corrected chi connectivity index (χ4v) is 2.37. The first-order chi connectivity index (χ1) is 8.16. The Kier molecular flexibility index (Phi) is 3.85. The summed E-state index contributed by atoms with van der Waals surface area (Å²) in [5, 5.41) is 16.8. The average molecular weight is 258 g/mol. The van der Waals surface area contributed by atoms with E-state index in [0.29, 0.717) is 17.6 Å². The van der Waals surface area contributed by atoms with Crippen LogP contribution in [0.25, 0.3) is 0 Å². The van der Waals surface area contributed by atoms with Crippen LogP contribution in [0.5, 0.6) is 0 Å². The fraction of sp³-hybridized carbons (Fsp3) is 0.667. The average Bonchev–Trinajstić information content (AvgIpc) is 2.89. The summed E-state index contributed by atoms with van der Waals surface area (Å²) >= 11 is 1.11. The molecule has 1 aliphatic rings. The highest BCUT2D eigenvalue weighted by molar-refractivity contribution is 7.99. The van der Waals surface area contributed by atoms with Crippen LogP contribution in [0.4, 0.5) is 5.95 Å². The van der Waals surface area contributed by atoms with Crippen molar-refractivity contribution in [1.82, 2.24) is 14.8 Å². The molecular formula is C9H14N4O3S. The van der Waals surface area contributed by atoms with Gasteiger partial charge in [0.05, 0.1) is 18.4 Å². The smallest absolute Gasteiger partial charge is 0.313 e. The molecule has 3 N–H and O–H groups in total. The second kappa shape index (κ2) is 5.37. The van der Waals surface area contributed by atoms with Crippen molar-refractivity contribution in [3.8, 4) is 0 Å². The Labute approximate surface area is 102 Å². The summed E-state index contributed by atoms with van der Waals surface area (Å²) in [6.07, 6.45) is 2.16. The van der Waals surface area contributed by atoms with Crippen LogP contribution >= 0.6 is 11.8 Å².